The minimum absolute atomic E-state index is 0.0808. The van der Waals surface area contributed by atoms with Crippen molar-refractivity contribution in [2.45, 2.75) is 122 Å². The zero-order chi connectivity index (χ0) is 22.3. The lowest BCUT2D eigenvalue weighted by molar-refractivity contribution is -0.120. The van der Waals surface area contributed by atoms with Gasteiger partial charge in [-0.15, -0.1) is 0 Å². The summed E-state index contributed by atoms with van der Waals surface area (Å²) in [7, 11) is -4.42. The van der Waals surface area contributed by atoms with Crippen LogP contribution in [0.1, 0.15) is 122 Å². The predicted octanol–water partition coefficient (Wildman–Crippen LogP) is 6.72. The second kappa shape index (κ2) is 22.0. The summed E-state index contributed by atoms with van der Waals surface area (Å²) in [6, 6.07) is 0. The summed E-state index contributed by atoms with van der Waals surface area (Å²) in [4.78, 5) is 28.8. The molecule has 0 amide bonds. The van der Waals surface area contributed by atoms with Crippen molar-refractivity contribution in [2.75, 3.05) is 19.8 Å². The lowest BCUT2D eigenvalue weighted by Crippen LogP contribution is -2.08. The van der Waals surface area contributed by atoms with Crippen molar-refractivity contribution in [3.63, 3.8) is 0 Å². The van der Waals surface area contributed by atoms with Gasteiger partial charge in [-0.3, -0.25) is 9.32 Å². The molecule has 0 spiro atoms. The molecular weight excluding hydrogens is 403 g/mol. The number of hydrogen-bond donors (Lipinski definition) is 2. The highest BCUT2D eigenvalue weighted by Crippen LogP contribution is 2.35. The molecule has 0 aliphatic carbocycles. The number of ketones is 1. The molecule has 180 valence electrons. The molecule has 0 radical (unpaired) electrons. The number of unbranched alkanes of at least 4 members (excludes halogenated alkanes) is 15. The minimum atomic E-state index is -4.42. The number of carbonyl (C=O) groups excluding carboxylic acids is 1. The SMILES string of the molecule is CCCCCCCCCCCCCCCCCCC(=O)CCOCCOP(=O)(O)O. The van der Waals surface area contributed by atoms with Gasteiger partial charge in [0, 0.05) is 12.8 Å². The highest BCUT2D eigenvalue weighted by molar-refractivity contribution is 7.46. The molecule has 6 nitrogen and oxygen atoms in total. The van der Waals surface area contributed by atoms with E-state index in [1.165, 1.54) is 89.9 Å². The summed E-state index contributed by atoms with van der Waals surface area (Å²) in [5.41, 5.74) is 0. The first-order chi connectivity index (χ1) is 14.5. The summed E-state index contributed by atoms with van der Waals surface area (Å²) in [5, 5.41) is 0. The van der Waals surface area contributed by atoms with E-state index in [1.54, 1.807) is 0 Å². The van der Waals surface area contributed by atoms with Crippen LogP contribution in [-0.2, 0) is 18.6 Å². The highest BCUT2D eigenvalue weighted by atomic mass is 31.2. The zero-order valence-corrected chi connectivity index (χ0v) is 20.2. The van der Waals surface area contributed by atoms with Crippen molar-refractivity contribution >= 4 is 13.6 Å². The van der Waals surface area contributed by atoms with E-state index >= 15 is 0 Å². The van der Waals surface area contributed by atoms with Gasteiger partial charge in [0.2, 0.25) is 0 Å². The Morgan fingerprint density at radius 1 is 0.633 bits per heavy atom. The first-order valence-corrected chi connectivity index (χ1v) is 13.8. The van der Waals surface area contributed by atoms with E-state index in [1.807, 2.05) is 0 Å². The summed E-state index contributed by atoms with van der Waals surface area (Å²) in [5.74, 6) is 0.191. The third kappa shape index (κ3) is 25.8. The number of ether oxygens (including phenoxy) is 1. The molecule has 0 atom stereocenters. The summed E-state index contributed by atoms with van der Waals surface area (Å²) >= 11 is 0. The second-order valence-electron chi connectivity index (χ2n) is 8.28. The fourth-order valence-electron chi connectivity index (χ4n) is 3.50. The van der Waals surface area contributed by atoms with E-state index in [0.29, 0.717) is 12.8 Å². The van der Waals surface area contributed by atoms with E-state index in [9.17, 15) is 9.36 Å². The van der Waals surface area contributed by atoms with E-state index in [-0.39, 0.29) is 25.6 Å². The first kappa shape index (κ1) is 29.7. The van der Waals surface area contributed by atoms with Crippen molar-refractivity contribution < 1.29 is 28.4 Å². The standard InChI is InChI=1S/C23H47O6P/c1-2-3-4-5-6-7-8-9-10-11-12-13-14-15-16-17-18-23(24)19-20-28-21-22-29-30(25,26)27/h2-22H2,1H3,(H2,25,26,27). The van der Waals surface area contributed by atoms with Crippen molar-refractivity contribution in [3.05, 3.63) is 0 Å². The number of phosphoric ester groups is 1. The number of carbonyl (C=O) groups is 1. The molecule has 0 heterocycles. The molecule has 2 N–H and O–H groups in total. The van der Waals surface area contributed by atoms with Gasteiger partial charge >= 0.3 is 7.82 Å². The van der Waals surface area contributed by atoms with Gasteiger partial charge in [-0.25, -0.2) is 4.57 Å². The summed E-state index contributed by atoms with van der Waals surface area (Å²) < 4.78 is 19.9. The van der Waals surface area contributed by atoms with Crippen LogP contribution < -0.4 is 0 Å². The number of rotatable bonds is 24. The minimum Gasteiger partial charge on any atom is -0.379 e. The maximum atomic E-state index is 11.7. The molecule has 0 aliphatic heterocycles. The number of Topliss-reactive ketones (excluding diaryl/α,β-unsaturated/α-hetero) is 1. The molecule has 0 aliphatic rings. The topological polar surface area (TPSA) is 93.1 Å². The van der Waals surface area contributed by atoms with Crippen LogP contribution in [0.5, 0.6) is 0 Å². The Labute approximate surface area is 184 Å². The normalized spacial score (nSPS) is 11.8. The van der Waals surface area contributed by atoms with Crippen LogP contribution in [-0.4, -0.2) is 35.4 Å². The average Bonchev–Trinajstić information content (AvgIpc) is 2.69. The van der Waals surface area contributed by atoms with Crippen LogP contribution in [0.25, 0.3) is 0 Å². The van der Waals surface area contributed by atoms with E-state index in [0.717, 1.165) is 12.8 Å². The van der Waals surface area contributed by atoms with Gasteiger partial charge in [0.25, 0.3) is 0 Å². The zero-order valence-electron chi connectivity index (χ0n) is 19.3. The quantitative estimate of drug-likeness (QED) is 0.125. The molecule has 0 bridgehead atoms. The Morgan fingerprint density at radius 2 is 1.07 bits per heavy atom. The maximum Gasteiger partial charge on any atom is 0.469 e. The Hall–Kier alpha value is -0.260. The molecule has 0 fully saturated rings. The van der Waals surface area contributed by atoms with Crippen LogP contribution in [0, 0.1) is 0 Å². The van der Waals surface area contributed by atoms with E-state index < -0.39 is 7.82 Å². The van der Waals surface area contributed by atoms with Gasteiger partial charge in [0.15, 0.2) is 0 Å². The monoisotopic (exact) mass is 450 g/mol. The predicted molar refractivity (Wildman–Crippen MR) is 123 cm³/mol. The van der Waals surface area contributed by atoms with Crippen LogP contribution in [0.2, 0.25) is 0 Å². The van der Waals surface area contributed by atoms with Gasteiger partial charge in [0.05, 0.1) is 19.8 Å². The number of hydrogen-bond acceptors (Lipinski definition) is 4. The van der Waals surface area contributed by atoms with Crippen molar-refractivity contribution in [1.82, 2.24) is 0 Å². The lowest BCUT2D eigenvalue weighted by Gasteiger charge is -2.06. The fourth-order valence-corrected chi connectivity index (χ4v) is 3.81. The molecule has 0 unspecified atom stereocenters. The first-order valence-electron chi connectivity index (χ1n) is 12.2. The molecule has 0 aromatic rings. The van der Waals surface area contributed by atoms with Crippen LogP contribution >= 0.6 is 7.82 Å². The molecule has 0 saturated carbocycles. The second-order valence-corrected chi connectivity index (χ2v) is 9.52. The third-order valence-corrected chi connectivity index (χ3v) is 5.84. The van der Waals surface area contributed by atoms with E-state index in [2.05, 4.69) is 11.4 Å². The number of phosphoric acid groups is 1. The summed E-state index contributed by atoms with van der Waals surface area (Å²) in [6.45, 7) is 2.46. The Morgan fingerprint density at radius 3 is 1.50 bits per heavy atom. The Balaban J connectivity index is 3.18. The highest BCUT2D eigenvalue weighted by Gasteiger charge is 2.12. The smallest absolute Gasteiger partial charge is 0.379 e. The van der Waals surface area contributed by atoms with Gasteiger partial charge in [0.1, 0.15) is 5.78 Å². The molecule has 7 heteroatoms. The molecule has 0 aromatic heterocycles. The Bertz CT molecular complexity index is 424. The van der Waals surface area contributed by atoms with Gasteiger partial charge in [-0.2, -0.15) is 0 Å². The van der Waals surface area contributed by atoms with Gasteiger partial charge < -0.3 is 14.5 Å². The molecular formula is C23H47O6P. The maximum absolute atomic E-state index is 11.7. The molecule has 0 aromatic carbocycles. The molecule has 0 rings (SSSR count). The molecule has 0 saturated heterocycles. The van der Waals surface area contributed by atoms with Crippen LogP contribution in [0.3, 0.4) is 0 Å². The van der Waals surface area contributed by atoms with Crippen molar-refractivity contribution in [1.29, 1.82) is 0 Å². The third-order valence-electron chi connectivity index (χ3n) is 5.32. The van der Waals surface area contributed by atoms with Gasteiger partial charge in [-0.05, 0) is 6.42 Å². The van der Waals surface area contributed by atoms with Crippen molar-refractivity contribution in [2.24, 2.45) is 0 Å². The van der Waals surface area contributed by atoms with Crippen LogP contribution in [0.4, 0.5) is 0 Å². The van der Waals surface area contributed by atoms with Crippen molar-refractivity contribution in [3.8, 4) is 0 Å². The lowest BCUT2D eigenvalue weighted by atomic mass is 10.0. The van der Waals surface area contributed by atoms with E-state index in [4.69, 9.17) is 14.5 Å². The molecule has 30 heavy (non-hydrogen) atoms. The van der Waals surface area contributed by atoms with Crippen LogP contribution in [0.15, 0.2) is 0 Å². The average molecular weight is 451 g/mol. The largest absolute Gasteiger partial charge is 0.469 e. The van der Waals surface area contributed by atoms with Gasteiger partial charge in [-0.1, -0.05) is 103 Å². The summed E-state index contributed by atoms with van der Waals surface area (Å²) in [6.07, 6.45) is 22.1. The fraction of sp³-hybridized carbons (Fsp3) is 0.957. The Kier molecular flexibility index (Phi) is 21.8.